The molecular formula is C52H37NOSi. The molecule has 1 aliphatic rings. The monoisotopic (exact) mass is 719 g/mol. The Hall–Kier alpha value is -6.94. The molecule has 0 spiro atoms. The van der Waals surface area contributed by atoms with Crippen LogP contribution in [0.4, 0.5) is 17.1 Å². The van der Waals surface area contributed by atoms with E-state index in [1.54, 1.807) is 0 Å². The smallest absolute Gasteiger partial charge is 0.188 e. The van der Waals surface area contributed by atoms with Gasteiger partial charge in [-0.3, -0.25) is 0 Å². The number of nitrogens with zero attached hydrogens (tertiary/aromatic N) is 1. The van der Waals surface area contributed by atoms with Crippen molar-refractivity contribution in [2.24, 2.45) is 0 Å². The van der Waals surface area contributed by atoms with Crippen LogP contribution in [0.1, 0.15) is 0 Å². The summed E-state index contributed by atoms with van der Waals surface area (Å²) in [5, 5.41) is 7.69. The average Bonchev–Trinajstić information content (AvgIpc) is 3.27. The summed E-state index contributed by atoms with van der Waals surface area (Å²) < 4.78 is 6.59. The summed E-state index contributed by atoms with van der Waals surface area (Å²) in [5.74, 6) is 1.87. The molecule has 0 aromatic heterocycles. The molecule has 0 amide bonds. The van der Waals surface area contributed by atoms with Gasteiger partial charge < -0.3 is 9.64 Å². The molecule has 0 radical (unpaired) electrons. The fourth-order valence-electron chi connectivity index (χ4n) is 8.48. The van der Waals surface area contributed by atoms with Crippen molar-refractivity contribution < 1.29 is 4.74 Å². The molecule has 0 saturated heterocycles. The van der Waals surface area contributed by atoms with Gasteiger partial charge in [0, 0.05) is 17.1 Å². The van der Waals surface area contributed by atoms with E-state index in [0.29, 0.717) is 0 Å². The Morgan fingerprint density at radius 3 is 1.42 bits per heavy atom. The Labute approximate surface area is 323 Å². The molecule has 55 heavy (non-hydrogen) atoms. The predicted molar refractivity (Wildman–Crippen MR) is 233 cm³/mol. The number of anilines is 3. The Morgan fingerprint density at radius 2 is 0.782 bits per heavy atom. The summed E-state index contributed by atoms with van der Waals surface area (Å²) in [4.78, 5) is 2.37. The molecule has 0 bridgehead atoms. The van der Waals surface area contributed by atoms with E-state index < -0.39 is 8.07 Å². The summed E-state index contributed by atoms with van der Waals surface area (Å²) in [7, 11) is -2.75. The van der Waals surface area contributed by atoms with Gasteiger partial charge in [-0.15, -0.1) is 0 Å². The highest BCUT2D eigenvalue weighted by Gasteiger charge is 2.47. The first-order chi connectivity index (χ1) is 27.3. The minimum Gasteiger partial charge on any atom is -0.458 e. The van der Waals surface area contributed by atoms with Crippen LogP contribution in [0.3, 0.4) is 0 Å². The zero-order valence-electron chi connectivity index (χ0n) is 30.2. The molecule has 0 saturated carbocycles. The molecule has 0 aliphatic carbocycles. The van der Waals surface area contributed by atoms with E-state index in [2.05, 4.69) is 229 Å². The molecule has 1 heterocycles. The zero-order chi connectivity index (χ0) is 36.6. The number of hydrogen-bond acceptors (Lipinski definition) is 2. The summed E-state index contributed by atoms with van der Waals surface area (Å²) >= 11 is 0. The van der Waals surface area contributed by atoms with Crippen LogP contribution < -0.4 is 30.4 Å². The van der Waals surface area contributed by atoms with Crippen molar-refractivity contribution in [3.05, 3.63) is 224 Å². The Bertz CT molecular complexity index is 2710. The zero-order valence-corrected chi connectivity index (χ0v) is 31.2. The number of hydrogen-bond donors (Lipinski definition) is 0. The summed E-state index contributed by atoms with van der Waals surface area (Å²) in [6.07, 6.45) is 0. The molecular weight excluding hydrogens is 683 g/mol. The first kappa shape index (κ1) is 32.7. The van der Waals surface area contributed by atoms with E-state index in [1.807, 2.05) is 0 Å². The van der Waals surface area contributed by atoms with Gasteiger partial charge in [0.15, 0.2) is 8.07 Å². The molecule has 9 aromatic carbocycles. The van der Waals surface area contributed by atoms with Crippen molar-refractivity contribution >= 4 is 56.7 Å². The molecule has 0 N–H and O–H groups in total. The highest BCUT2D eigenvalue weighted by Crippen LogP contribution is 2.38. The lowest BCUT2D eigenvalue weighted by atomic mass is 9.98. The van der Waals surface area contributed by atoms with Gasteiger partial charge in [0.05, 0.1) is 0 Å². The maximum atomic E-state index is 6.59. The van der Waals surface area contributed by atoms with Gasteiger partial charge in [-0.1, -0.05) is 176 Å². The molecule has 10 rings (SSSR count). The van der Waals surface area contributed by atoms with Crippen molar-refractivity contribution in [1.29, 1.82) is 0 Å². The molecule has 3 heteroatoms. The quantitative estimate of drug-likeness (QED) is 0.152. The Morgan fingerprint density at radius 1 is 0.327 bits per heavy atom. The standard InChI is InChI=1S/C52H37NOSi/c1-3-14-38(15-4-1)39-26-30-42(31-27-39)53(43-32-28-41(29-33-43)48-21-13-17-40-16-7-8-20-47(40)48)44-34-36-46(37-35-44)55(45-18-5-2-6-19-45)51-24-11-9-22-49(51)54-50-23-10-12-25-52(50)55/h1-37H. The lowest BCUT2D eigenvalue weighted by Crippen LogP contribution is -2.76. The SMILES string of the molecule is c1ccc(-c2ccc(N(c3ccc(-c4cccc5ccccc45)cc3)c3ccc([Si]4(c5ccccc5)c5ccccc5Oc5ccccc54)cc3)cc2)cc1. The number of fused-ring (bicyclic) bond motifs is 3. The van der Waals surface area contributed by atoms with E-state index in [9.17, 15) is 0 Å². The average molecular weight is 720 g/mol. The van der Waals surface area contributed by atoms with Crippen molar-refractivity contribution in [2.45, 2.75) is 0 Å². The topological polar surface area (TPSA) is 12.5 Å². The van der Waals surface area contributed by atoms with Crippen LogP contribution in [0.2, 0.25) is 0 Å². The van der Waals surface area contributed by atoms with Gasteiger partial charge >= 0.3 is 0 Å². The second-order valence-corrected chi connectivity index (χ2v) is 17.8. The van der Waals surface area contributed by atoms with Gasteiger partial charge in [0.2, 0.25) is 0 Å². The maximum Gasteiger partial charge on any atom is 0.188 e. The van der Waals surface area contributed by atoms with Gasteiger partial charge in [0.25, 0.3) is 0 Å². The lowest BCUT2D eigenvalue weighted by molar-refractivity contribution is 0.487. The molecule has 0 atom stereocenters. The van der Waals surface area contributed by atoms with Gasteiger partial charge in [0.1, 0.15) is 11.5 Å². The van der Waals surface area contributed by atoms with Crippen LogP contribution >= 0.6 is 0 Å². The van der Waals surface area contributed by atoms with Crippen LogP contribution in [-0.2, 0) is 0 Å². The van der Waals surface area contributed by atoms with Gasteiger partial charge in [-0.25, -0.2) is 0 Å². The maximum absolute atomic E-state index is 6.59. The van der Waals surface area contributed by atoms with Crippen LogP contribution in [-0.4, -0.2) is 8.07 Å². The van der Waals surface area contributed by atoms with Crippen LogP contribution in [0.25, 0.3) is 33.0 Å². The highest BCUT2D eigenvalue weighted by atomic mass is 28.3. The Kier molecular flexibility index (Phi) is 8.20. The molecule has 9 aromatic rings. The minimum absolute atomic E-state index is 0.937. The van der Waals surface area contributed by atoms with Crippen molar-refractivity contribution in [3.8, 4) is 33.8 Å². The third-order valence-corrected chi connectivity index (χ3v) is 15.9. The summed E-state index contributed by atoms with van der Waals surface area (Å²) in [6, 6.07) is 81.3. The van der Waals surface area contributed by atoms with E-state index in [-0.39, 0.29) is 0 Å². The molecule has 0 fully saturated rings. The minimum atomic E-state index is -2.75. The van der Waals surface area contributed by atoms with Crippen LogP contribution in [0.15, 0.2) is 224 Å². The van der Waals surface area contributed by atoms with E-state index in [1.165, 1.54) is 53.8 Å². The molecule has 260 valence electrons. The summed E-state index contributed by atoms with van der Waals surface area (Å²) in [6.45, 7) is 0. The second kappa shape index (κ2) is 13.8. The number of benzene rings is 9. The summed E-state index contributed by atoms with van der Waals surface area (Å²) in [5.41, 5.74) is 8.13. The lowest BCUT2D eigenvalue weighted by Gasteiger charge is -2.39. The van der Waals surface area contributed by atoms with Crippen molar-refractivity contribution in [3.63, 3.8) is 0 Å². The van der Waals surface area contributed by atoms with Crippen LogP contribution in [0, 0.1) is 0 Å². The Balaban J connectivity index is 1.12. The fraction of sp³-hybridized carbons (Fsp3) is 0. The first-order valence-electron chi connectivity index (χ1n) is 18.8. The van der Waals surface area contributed by atoms with E-state index in [4.69, 9.17) is 4.74 Å². The third kappa shape index (κ3) is 5.65. The fourth-order valence-corrected chi connectivity index (χ4v) is 13.4. The first-order valence-corrected chi connectivity index (χ1v) is 20.8. The molecule has 2 nitrogen and oxygen atoms in total. The number of ether oxygens (including phenoxy) is 1. The van der Waals surface area contributed by atoms with E-state index >= 15 is 0 Å². The van der Waals surface area contributed by atoms with Crippen LogP contribution in [0.5, 0.6) is 11.5 Å². The highest BCUT2D eigenvalue weighted by molar-refractivity contribution is 7.20. The largest absolute Gasteiger partial charge is 0.458 e. The number of para-hydroxylation sites is 2. The van der Waals surface area contributed by atoms with Crippen molar-refractivity contribution in [2.75, 3.05) is 4.90 Å². The predicted octanol–water partition coefficient (Wildman–Crippen LogP) is 11.1. The molecule has 0 unspecified atom stereocenters. The normalized spacial score (nSPS) is 12.7. The van der Waals surface area contributed by atoms with Crippen molar-refractivity contribution in [1.82, 2.24) is 0 Å². The third-order valence-electron chi connectivity index (χ3n) is 11.0. The second-order valence-electron chi connectivity index (χ2n) is 14.1. The van der Waals surface area contributed by atoms with Gasteiger partial charge in [-0.05, 0) is 102 Å². The number of rotatable bonds is 7. The molecule has 1 aliphatic heterocycles. The van der Waals surface area contributed by atoms with Gasteiger partial charge in [-0.2, -0.15) is 0 Å². The van der Waals surface area contributed by atoms with E-state index in [0.717, 1.165) is 28.6 Å².